The summed E-state index contributed by atoms with van der Waals surface area (Å²) >= 11 is 5.65. The largest absolute Gasteiger partial charge is 0.484 e. The first-order valence-electron chi connectivity index (χ1n) is 10.6. The van der Waals surface area contributed by atoms with E-state index >= 15 is 0 Å². The van der Waals surface area contributed by atoms with Crippen LogP contribution in [-0.2, 0) is 9.59 Å². The summed E-state index contributed by atoms with van der Waals surface area (Å²) in [6, 6.07) is 4.29. The van der Waals surface area contributed by atoms with Gasteiger partial charge in [0.2, 0.25) is 5.91 Å². The monoisotopic (exact) mass is 438 g/mol. The van der Waals surface area contributed by atoms with E-state index in [1.807, 2.05) is 0 Å². The lowest BCUT2D eigenvalue weighted by Gasteiger charge is -2.50. The zero-order valence-corrected chi connectivity index (χ0v) is 17.5. The quantitative estimate of drug-likeness (QED) is 0.511. The van der Waals surface area contributed by atoms with Gasteiger partial charge in [0.25, 0.3) is 5.91 Å². The number of fused-ring (bicyclic) bond motifs is 2. The van der Waals surface area contributed by atoms with E-state index in [2.05, 4.69) is 21.3 Å². The lowest BCUT2D eigenvalue weighted by atomic mass is 9.57. The number of amides is 2. The average Bonchev–Trinajstić information content (AvgIpc) is 2.72. The van der Waals surface area contributed by atoms with Gasteiger partial charge in [0, 0.05) is 50.2 Å². The minimum Gasteiger partial charge on any atom is -0.484 e. The number of hydrogen-bond donors (Lipinski definition) is 4. The highest BCUT2D eigenvalue weighted by Crippen LogP contribution is 2.49. The molecular formula is C21H28ClFN4O3. The highest BCUT2D eigenvalue weighted by Gasteiger charge is 2.48. The van der Waals surface area contributed by atoms with Gasteiger partial charge >= 0.3 is 0 Å². The molecule has 4 aliphatic rings. The molecule has 3 atom stereocenters. The normalized spacial score (nSPS) is 30.1. The zero-order chi connectivity index (χ0) is 21.1. The Kier molecular flexibility index (Phi) is 6.75. The fraction of sp³-hybridized carbons (Fsp3) is 0.619. The van der Waals surface area contributed by atoms with Gasteiger partial charge in [0.1, 0.15) is 11.6 Å². The Morgan fingerprint density at radius 3 is 2.77 bits per heavy atom. The third-order valence-corrected chi connectivity index (χ3v) is 6.76. The van der Waals surface area contributed by atoms with Crippen molar-refractivity contribution in [3.05, 3.63) is 29.0 Å². The van der Waals surface area contributed by atoms with Gasteiger partial charge in [-0.1, -0.05) is 11.6 Å². The molecule has 2 bridgehead atoms. The van der Waals surface area contributed by atoms with Crippen molar-refractivity contribution in [3.8, 4) is 5.75 Å². The van der Waals surface area contributed by atoms with Gasteiger partial charge in [-0.15, -0.1) is 0 Å². The molecule has 9 heteroatoms. The van der Waals surface area contributed by atoms with E-state index in [-0.39, 0.29) is 47.2 Å². The molecule has 4 fully saturated rings. The number of halogens is 2. The van der Waals surface area contributed by atoms with E-state index in [9.17, 15) is 14.0 Å². The van der Waals surface area contributed by atoms with Crippen molar-refractivity contribution in [1.82, 2.24) is 21.3 Å². The SMILES string of the molecule is O=C(COc1ccc(Cl)c(F)c1)N[C@@H]1C[C@H](C(=O)NCC2CNCCN2)C2CC1C2. The molecule has 2 amide bonds. The van der Waals surface area contributed by atoms with Crippen molar-refractivity contribution >= 4 is 23.4 Å². The van der Waals surface area contributed by atoms with Crippen molar-refractivity contribution in [2.75, 3.05) is 32.8 Å². The Morgan fingerprint density at radius 1 is 1.20 bits per heavy atom. The summed E-state index contributed by atoms with van der Waals surface area (Å²) in [4.78, 5) is 25.1. The Hall–Kier alpha value is -1.90. The van der Waals surface area contributed by atoms with Gasteiger partial charge < -0.3 is 26.0 Å². The molecule has 0 radical (unpaired) electrons. The predicted octanol–water partition coefficient (Wildman–Crippen LogP) is 1.07. The first-order valence-corrected chi connectivity index (χ1v) is 11.0. The molecule has 1 heterocycles. The number of nitrogens with one attached hydrogen (secondary N) is 4. The smallest absolute Gasteiger partial charge is 0.258 e. The first-order chi connectivity index (χ1) is 14.5. The number of piperazine rings is 1. The minimum absolute atomic E-state index is 0.00777. The van der Waals surface area contributed by atoms with Crippen LogP contribution in [0.2, 0.25) is 5.02 Å². The highest BCUT2D eigenvalue weighted by atomic mass is 35.5. The molecule has 30 heavy (non-hydrogen) atoms. The molecule has 1 aromatic rings. The van der Waals surface area contributed by atoms with Crippen molar-refractivity contribution < 1.29 is 18.7 Å². The molecule has 1 unspecified atom stereocenters. The van der Waals surface area contributed by atoms with E-state index in [0.29, 0.717) is 24.8 Å². The first kappa shape index (κ1) is 21.3. The summed E-state index contributed by atoms with van der Waals surface area (Å²) in [6.45, 7) is 3.13. The molecule has 1 aliphatic heterocycles. The number of carbonyl (C=O) groups is 2. The maximum Gasteiger partial charge on any atom is 0.258 e. The topological polar surface area (TPSA) is 91.5 Å². The third-order valence-electron chi connectivity index (χ3n) is 6.45. The standard InChI is InChI=1S/C21H28ClFN4O3/c22-17-2-1-15(7-18(17)23)30-11-20(28)27-19-8-16(12-5-13(19)6-12)21(29)26-10-14-9-24-3-4-25-14/h1-2,7,12-14,16,19,24-25H,3-6,8-11H2,(H,26,29)(H,27,28)/t12?,13?,14?,16-,19+/m0/s1. The lowest BCUT2D eigenvalue weighted by Crippen LogP contribution is -2.58. The summed E-state index contributed by atoms with van der Waals surface area (Å²) in [5, 5.41) is 12.8. The van der Waals surface area contributed by atoms with Crippen molar-refractivity contribution in [2.24, 2.45) is 17.8 Å². The van der Waals surface area contributed by atoms with Gasteiger partial charge in [-0.25, -0.2) is 4.39 Å². The van der Waals surface area contributed by atoms with Crippen LogP contribution in [-0.4, -0.2) is 56.7 Å². The van der Waals surface area contributed by atoms with E-state index in [0.717, 1.165) is 38.5 Å². The summed E-state index contributed by atoms with van der Waals surface area (Å²) < 4.78 is 18.8. The summed E-state index contributed by atoms with van der Waals surface area (Å²) in [5.41, 5.74) is 0. The number of hydrogen-bond acceptors (Lipinski definition) is 5. The Labute approximate surface area is 180 Å². The van der Waals surface area contributed by atoms with Crippen LogP contribution in [0.4, 0.5) is 4.39 Å². The van der Waals surface area contributed by atoms with Gasteiger partial charge in [-0.05, 0) is 43.2 Å². The fourth-order valence-electron chi connectivity index (χ4n) is 4.70. The molecular weight excluding hydrogens is 411 g/mol. The molecule has 0 spiro atoms. The third kappa shape index (κ3) is 5.04. The molecule has 0 aromatic heterocycles. The second-order valence-corrected chi connectivity index (χ2v) is 8.88. The Balaban J connectivity index is 1.23. The van der Waals surface area contributed by atoms with Gasteiger partial charge in [-0.2, -0.15) is 0 Å². The second-order valence-electron chi connectivity index (χ2n) is 8.47. The highest BCUT2D eigenvalue weighted by molar-refractivity contribution is 6.30. The van der Waals surface area contributed by atoms with Crippen molar-refractivity contribution in [2.45, 2.75) is 31.3 Å². The second kappa shape index (κ2) is 9.49. The zero-order valence-electron chi connectivity index (χ0n) is 16.8. The van der Waals surface area contributed by atoms with Crippen LogP contribution >= 0.6 is 11.6 Å². The number of benzene rings is 1. The summed E-state index contributed by atoms with van der Waals surface area (Å²) in [5.74, 6) is 0.241. The minimum atomic E-state index is -0.588. The Bertz CT molecular complexity index is 784. The molecule has 164 valence electrons. The molecule has 1 aromatic carbocycles. The number of ether oxygens (including phenoxy) is 1. The molecule has 3 aliphatic carbocycles. The van der Waals surface area contributed by atoms with Crippen molar-refractivity contribution in [3.63, 3.8) is 0 Å². The van der Waals surface area contributed by atoms with Gasteiger partial charge in [0.15, 0.2) is 6.61 Å². The number of rotatable bonds is 7. The fourth-order valence-corrected chi connectivity index (χ4v) is 4.82. The van der Waals surface area contributed by atoms with Gasteiger partial charge in [-0.3, -0.25) is 9.59 Å². The maximum absolute atomic E-state index is 13.5. The molecule has 1 saturated heterocycles. The van der Waals surface area contributed by atoms with Crippen LogP contribution in [0, 0.1) is 23.6 Å². The van der Waals surface area contributed by atoms with Crippen LogP contribution in [0.25, 0.3) is 0 Å². The van der Waals surface area contributed by atoms with E-state index < -0.39 is 5.82 Å². The van der Waals surface area contributed by atoms with Crippen molar-refractivity contribution in [1.29, 1.82) is 0 Å². The van der Waals surface area contributed by atoms with Crippen LogP contribution in [0.1, 0.15) is 19.3 Å². The van der Waals surface area contributed by atoms with Crippen LogP contribution < -0.4 is 26.0 Å². The van der Waals surface area contributed by atoms with E-state index in [1.54, 1.807) is 0 Å². The van der Waals surface area contributed by atoms with Crippen LogP contribution in [0.3, 0.4) is 0 Å². The predicted molar refractivity (Wildman–Crippen MR) is 111 cm³/mol. The molecule has 7 nitrogen and oxygen atoms in total. The average molecular weight is 439 g/mol. The number of carbonyl (C=O) groups excluding carboxylic acids is 2. The van der Waals surface area contributed by atoms with Gasteiger partial charge in [0.05, 0.1) is 5.02 Å². The molecule has 3 saturated carbocycles. The van der Waals surface area contributed by atoms with E-state index in [1.165, 1.54) is 12.1 Å². The maximum atomic E-state index is 13.5. The summed E-state index contributed by atoms with van der Waals surface area (Å²) in [6.07, 6.45) is 2.59. The van der Waals surface area contributed by atoms with Crippen LogP contribution in [0.15, 0.2) is 18.2 Å². The van der Waals surface area contributed by atoms with Crippen LogP contribution in [0.5, 0.6) is 5.75 Å². The molecule has 4 N–H and O–H groups in total. The lowest BCUT2D eigenvalue weighted by molar-refractivity contribution is -0.136. The molecule has 5 rings (SSSR count). The van der Waals surface area contributed by atoms with E-state index in [4.69, 9.17) is 16.3 Å². The Morgan fingerprint density at radius 2 is 2.03 bits per heavy atom. The summed E-state index contributed by atoms with van der Waals surface area (Å²) in [7, 11) is 0.